The van der Waals surface area contributed by atoms with Crippen LogP contribution in [0.2, 0.25) is 10.0 Å². The molecular weight excluding hydrogens is 347 g/mol. The number of aromatic amines is 1. The summed E-state index contributed by atoms with van der Waals surface area (Å²) >= 11 is 11.8. The van der Waals surface area contributed by atoms with Crippen molar-refractivity contribution in [2.45, 2.75) is 12.8 Å². The molecule has 0 radical (unpaired) electrons. The van der Waals surface area contributed by atoms with Crippen molar-refractivity contribution in [2.24, 2.45) is 0 Å². The molecule has 3 aromatic rings. The number of aromatic nitrogens is 1. The number of pyridine rings is 1. The molecule has 0 atom stereocenters. The van der Waals surface area contributed by atoms with E-state index in [0.29, 0.717) is 27.7 Å². The van der Waals surface area contributed by atoms with Crippen molar-refractivity contribution >= 4 is 45.7 Å². The van der Waals surface area contributed by atoms with Crippen molar-refractivity contribution in [2.75, 3.05) is 5.32 Å². The lowest BCUT2D eigenvalue weighted by molar-refractivity contribution is -0.116. The van der Waals surface area contributed by atoms with Crippen LogP contribution in [0.3, 0.4) is 0 Å². The molecule has 6 heteroatoms. The highest BCUT2D eigenvalue weighted by Gasteiger charge is 2.08. The number of carbonyl (C=O) groups is 1. The van der Waals surface area contributed by atoms with Gasteiger partial charge in [0.1, 0.15) is 0 Å². The minimum Gasteiger partial charge on any atom is -0.326 e. The molecule has 0 saturated heterocycles. The van der Waals surface area contributed by atoms with Gasteiger partial charge in [-0.15, -0.1) is 0 Å². The van der Waals surface area contributed by atoms with Gasteiger partial charge in [-0.2, -0.15) is 0 Å². The summed E-state index contributed by atoms with van der Waals surface area (Å²) in [6.07, 6.45) is 0.534. The fraction of sp³-hybridized carbons (Fsp3) is 0.111. The first-order valence-electron chi connectivity index (χ1n) is 7.38. The highest BCUT2D eigenvalue weighted by atomic mass is 35.5. The normalized spacial score (nSPS) is 10.8. The van der Waals surface area contributed by atoms with Crippen LogP contribution in [-0.4, -0.2) is 10.9 Å². The van der Waals surface area contributed by atoms with Gasteiger partial charge in [0.2, 0.25) is 5.91 Å². The van der Waals surface area contributed by atoms with Crippen LogP contribution in [0, 0.1) is 0 Å². The maximum atomic E-state index is 12.1. The van der Waals surface area contributed by atoms with E-state index in [2.05, 4.69) is 10.3 Å². The summed E-state index contributed by atoms with van der Waals surface area (Å²) in [4.78, 5) is 27.0. The molecule has 4 nitrogen and oxygen atoms in total. The van der Waals surface area contributed by atoms with Crippen LogP contribution in [0.1, 0.15) is 12.0 Å². The second-order valence-corrected chi connectivity index (χ2v) is 6.29. The Morgan fingerprint density at radius 1 is 1.04 bits per heavy atom. The van der Waals surface area contributed by atoms with Gasteiger partial charge in [0.25, 0.3) is 5.56 Å². The number of amides is 1. The number of rotatable bonds is 4. The van der Waals surface area contributed by atoms with Gasteiger partial charge >= 0.3 is 0 Å². The number of fused-ring (bicyclic) bond motifs is 1. The van der Waals surface area contributed by atoms with Crippen molar-refractivity contribution in [3.63, 3.8) is 0 Å². The fourth-order valence-corrected chi connectivity index (χ4v) is 3.00. The van der Waals surface area contributed by atoms with Crippen molar-refractivity contribution in [1.82, 2.24) is 4.98 Å². The molecule has 0 aliphatic carbocycles. The minimum atomic E-state index is -0.208. The van der Waals surface area contributed by atoms with E-state index >= 15 is 0 Å². The number of hydrogen-bond donors (Lipinski definition) is 2. The average molecular weight is 361 g/mol. The predicted molar refractivity (Wildman–Crippen MR) is 98.0 cm³/mol. The molecule has 0 aliphatic rings. The molecule has 2 aromatic carbocycles. The molecule has 24 heavy (non-hydrogen) atoms. The Morgan fingerprint density at radius 3 is 2.50 bits per heavy atom. The number of halogens is 2. The van der Waals surface area contributed by atoms with Crippen LogP contribution in [0.15, 0.2) is 53.3 Å². The molecule has 1 amide bonds. The lowest BCUT2D eigenvalue weighted by Crippen LogP contribution is -2.17. The first-order valence-corrected chi connectivity index (χ1v) is 8.14. The molecule has 3 rings (SSSR count). The summed E-state index contributed by atoms with van der Waals surface area (Å²) in [6, 6.07) is 14.2. The molecule has 0 fully saturated rings. The summed E-state index contributed by atoms with van der Waals surface area (Å²) in [5.74, 6) is -0.208. The number of aryl methyl sites for hydroxylation is 1. The summed E-state index contributed by atoms with van der Waals surface area (Å²) in [5, 5.41) is 4.57. The van der Waals surface area contributed by atoms with E-state index in [4.69, 9.17) is 23.2 Å². The van der Waals surface area contributed by atoms with Crippen LogP contribution in [-0.2, 0) is 11.2 Å². The highest BCUT2D eigenvalue weighted by molar-refractivity contribution is 6.35. The number of carbonyl (C=O) groups excluding carboxylic acids is 1. The maximum Gasteiger partial charge on any atom is 0.251 e. The minimum absolute atomic E-state index is 0.174. The summed E-state index contributed by atoms with van der Waals surface area (Å²) in [5.41, 5.74) is 1.72. The first-order chi connectivity index (χ1) is 11.5. The Bertz CT molecular complexity index is 946. The number of nitrogens with one attached hydrogen (secondary N) is 2. The van der Waals surface area contributed by atoms with E-state index in [0.717, 1.165) is 10.9 Å². The summed E-state index contributed by atoms with van der Waals surface area (Å²) in [7, 11) is 0. The van der Waals surface area contributed by atoms with Crippen molar-refractivity contribution in [1.29, 1.82) is 0 Å². The molecule has 122 valence electrons. The van der Waals surface area contributed by atoms with Crippen LogP contribution < -0.4 is 10.9 Å². The zero-order valence-electron chi connectivity index (χ0n) is 12.6. The van der Waals surface area contributed by atoms with Crippen LogP contribution >= 0.6 is 23.2 Å². The second-order valence-electron chi connectivity index (χ2n) is 5.42. The molecule has 0 unspecified atom stereocenters. The smallest absolute Gasteiger partial charge is 0.251 e. The van der Waals surface area contributed by atoms with Gasteiger partial charge in [0.15, 0.2) is 0 Å². The van der Waals surface area contributed by atoms with Gasteiger partial charge in [-0.3, -0.25) is 9.59 Å². The van der Waals surface area contributed by atoms with Crippen molar-refractivity contribution < 1.29 is 4.79 Å². The lowest BCUT2D eigenvalue weighted by Gasteiger charge is -2.07. The fourth-order valence-electron chi connectivity index (χ4n) is 2.48. The van der Waals surface area contributed by atoms with E-state index in [1.807, 2.05) is 30.3 Å². The second kappa shape index (κ2) is 7.07. The van der Waals surface area contributed by atoms with Gasteiger partial charge < -0.3 is 10.3 Å². The average Bonchev–Trinajstić information content (AvgIpc) is 2.52. The molecule has 1 heterocycles. The highest BCUT2D eigenvalue weighted by Crippen LogP contribution is 2.22. The molecule has 0 bridgehead atoms. The van der Waals surface area contributed by atoms with Gasteiger partial charge in [-0.05, 0) is 42.1 Å². The van der Waals surface area contributed by atoms with Gasteiger partial charge in [-0.1, -0.05) is 41.4 Å². The van der Waals surface area contributed by atoms with E-state index in [-0.39, 0.29) is 17.9 Å². The molecule has 2 N–H and O–H groups in total. The van der Waals surface area contributed by atoms with E-state index in [1.165, 1.54) is 0 Å². The molecule has 1 aromatic heterocycles. The number of benzene rings is 2. The number of para-hydroxylation sites is 1. The van der Waals surface area contributed by atoms with Crippen molar-refractivity contribution in [3.8, 4) is 0 Å². The van der Waals surface area contributed by atoms with Crippen LogP contribution in [0.4, 0.5) is 5.69 Å². The molecule has 0 saturated carbocycles. The van der Waals surface area contributed by atoms with Crippen molar-refractivity contribution in [3.05, 3.63) is 74.5 Å². The zero-order valence-corrected chi connectivity index (χ0v) is 14.1. The Balaban J connectivity index is 1.70. The predicted octanol–water partition coefficient (Wildman–Crippen LogP) is 4.41. The first kappa shape index (κ1) is 16.6. The molecule has 0 spiro atoms. The number of H-pyrrole nitrogens is 1. The summed E-state index contributed by atoms with van der Waals surface area (Å²) < 4.78 is 0. The Kier molecular flexibility index (Phi) is 4.88. The standard InChI is InChI=1S/C18H14Cl2N2O2/c19-13-8-14(20)10-15(9-13)21-17(23)6-5-12-7-11-3-1-2-4-16(11)22-18(12)24/h1-4,7-10H,5-6H2,(H,21,23)(H,22,24). The van der Waals surface area contributed by atoms with Crippen LogP contribution in [0.25, 0.3) is 10.9 Å². The Labute approximate surface area is 148 Å². The third kappa shape index (κ3) is 3.96. The van der Waals surface area contributed by atoms with Gasteiger partial charge in [0, 0.05) is 33.2 Å². The van der Waals surface area contributed by atoms with Crippen LogP contribution in [0.5, 0.6) is 0 Å². The van der Waals surface area contributed by atoms with E-state index in [9.17, 15) is 9.59 Å². The topological polar surface area (TPSA) is 62.0 Å². The van der Waals surface area contributed by atoms with Gasteiger partial charge in [-0.25, -0.2) is 0 Å². The maximum absolute atomic E-state index is 12.1. The quantitative estimate of drug-likeness (QED) is 0.723. The number of hydrogen-bond acceptors (Lipinski definition) is 2. The molecule has 0 aliphatic heterocycles. The lowest BCUT2D eigenvalue weighted by atomic mass is 10.1. The monoisotopic (exact) mass is 360 g/mol. The SMILES string of the molecule is O=C(CCc1cc2ccccc2[nH]c1=O)Nc1cc(Cl)cc(Cl)c1. The summed E-state index contributed by atoms with van der Waals surface area (Å²) in [6.45, 7) is 0. The van der Waals surface area contributed by atoms with Gasteiger partial charge in [0.05, 0.1) is 0 Å². The third-order valence-corrected chi connectivity index (χ3v) is 4.03. The van der Waals surface area contributed by atoms with E-state index in [1.54, 1.807) is 18.2 Å². The Morgan fingerprint density at radius 2 is 1.75 bits per heavy atom. The molecular formula is C18H14Cl2N2O2. The number of anilines is 1. The van der Waals surface area contributed by atoms with E-state index < -0.39 is 0 Å². The Hall–Kier alpha value is -2.30. The largest absolute Gasteiger partial charge is 0.326 e. The third-order valence-electron chi connectivity index (χ3n) is 3.60. The zero-order chi connectivity index (χ0) is 17.1.